The molecule has 0 aromatic carbocycles. The van der Waals surface area contributed by atoms with Gasteiger partial charge in [-0.3, -0.25) is 19.4 Å². The van der Waals surface area contributed by atoms with Crippen LogP contribution in [0.4, 0.5) is 0 Å². The SMILES string of the molecule is CSCCC(NC(=O)C(CCCCN)NC(=O)C(N)CCCN=C(N)N)C(=O)NC(CCCCN)C(=O)O. The Morgan fingerprint density at radius 2 is 1.26 bits per heavy atom. The molecular weight excluding hydrogens is 514 g/mol. The first-order valence-electron chi connectivity index (χ1n) is 12.9. The van der Waals surface area contributed by atoms with Crippen molar-refractivity contribution in [1.29, 1.82) is 0 Å². The van der Waals surface area contributed by atoms with E-state index in [9.17, 15) is 24.3 Å². The molecule has 0 aromatic rings. The summed E-state index contributed by atoms with van der Waals surface area (Å²) in [5, 5.41) is 17.4. The minimum Gasteiger partial charge on any atom is -0.480 e. The number of carboxylic acids is 1. The molecule has 0 aliphatic heterocycles. The minimum atomic E-state index is -1.16. The highest BCUT2D eigenvalue weighted by atomic mass is 32.2. The molecule has 0 fully saturated rings. The Hall–Kier alpha value is -2.62. The van der Waals surface area contributed by atoms with Crippen molar-refractivity contribution in [3.05, 3.63) is 0 Å². The van der Waals surface area contributed by atoms with Gasteiger partial charge in [0, 0.05) is 6.54 Å². The second-order valence-corrected chi connectivity index (χ2v) is 9.91. The monoisotopic (exact) mass is 561 g/mol. The van der Waals surface area contributed by atoms with Crippen molar-refractivity contribution in [3.8, 4) is 0 Å². The van der Waals surface area contributed by atoms with Gasteiger partial charge in [0.2, 0.25) is 17.7 Å². The van der Waals surface area contributed by atoms with Gasteiger partial charge in [-0.25, -0.2) is 4.79 Å². The number of aliphatic carboxylic acids is 1. The van der Waals surface area contributed by atoms with Gasteiger partial charge in [0.25, 0.3) is 0 Å². The Bertz CT molecular complexity index is 753. The van der Waals surface area contributed by atoms with Crippen molar-refractivity contribution in [2.75, 3.05) is 31.6 Å². The summed E-state index contributed by atoms with van der Waals surface area (Å²) in [6.07, 6.45) is 5.81. The number of hydrogen-bond acceptors (Lipinski definition) is 9. The minimum absolute atomic E-state index is 0.0510. The Morgan fingerprint density at radius 1 is 0.763 bits per heavy atom. The fraction of sp³-hybridized carbons (Fsp3) is 0.783. The molecule has 3 amide bonds. The number of carbonyl (C=O) groups is 4. The Balaban J connectivity index is 5.37. The number of hydrogen-bond donors (Lipinski definition) is 9. The number of aliphatic imine (C=N–C) groups is 1. The normalized spacial score (nSPS) is 14.0. The van der Waals surface area contributed by atoms with Crippen LogP contribution in [0.15, 0.2) is 4.99 Å². The summed E-state index contributed by atoms with van der Waals surface area (Å²) in [4.78, 5) is 54.3. The van der Waals surface area contributed by atoms with E-state index >= 15 is 0 Å². The van der Waals surface area contributed by atoms with Crippen molar-refractivity contribution < 1.29 is 24.3 Å². The summed E-state index contributed by atoms with van der Waals surface area (Å²) in [6.45, 7) is 1.16. The number of guanidine groups is 1. The lowest BCUT2D eigenvalue weighted by Gasteiger charge is -2.25. The largest absolute Gasteiger partial charge is 0.480 e. The van der Waals surface area contributed by atoms with Crippen molar-refractivity contribution in [2.45, 2.75) is 82.0 Å². The molecule has 15 heteroatoms. The van der Waals surface area contributed by atoms with Gasteiger partial charge in [0.15, 0.2) is 5.96 Å². The second-order valence-electron chi connectivity index (χ2n) is 8.93. The van der Waals surface area contributed by atoms with Crippen LogP contribution in [0.25, 0.3) is 0 Å². The van der Waals surface area contributed by atoms with Crippen molar-refractivity contribution in [2.24, 2.45) is 33.7 Å². The van der Waals surface area contributed by atoms with E-state index in [1.165, 1.54) is 11.8 Å². The summed E-state index contributed by atoms with van der Waals surface area (Å²) in [7, 11) is 0. The average molecular weight is 562 g/mol. The number of carboxylic acid groups (broad SMARTS) is 1. The molecule has 4 atom stereocenters. The predicted molar refractivity (Wildman–Crippen MR) is 150 cm³/mol. The molecule has 0 heterocycles. The van der Waals surface area contributed by atoms with E-state index < -0.39 is 47.9 Å². The van der Waals surface area contributed by atoms with E-state index in [0.29, 0.717) is 70.3 Å². The fourth-order valence-electron chi connectivity index (χ4n) is 3.49. The molecule has 0 aliphatic rings. The van der Waals surface area contributed by atoms with Crippen LogP contribution in [0, 0.1) is 0 Å². The number of nitrogens with one attached hydrogen (secondary N) is 3. The number of carbonyl (C=O) groups excluding carboxylic acids is 3. The van der Waals surface area contributed by atoms with Crippen molar-refractivity contribution in [1.82, 2.24) is 16.0 Å². The lowest BCUT2D eigenvalue weighted by molar-refractivity contribution is -0.142. The highest BCUT2D eigenvalue weighted by Crippen LogP contribution is 2.08. The molecule has 0 rings (SSSR count). The van der Waals surface area contributed by atoms with Crippen molar-refractivity contribution in [3.63, 3.8) is 0 Å². The van der Waals surface area contributed by atoms with Gasteiger partial charge >= 0.3 is 5.97 Å². The predicted octanol–water partition coefficient (Wildman–Crippen LogP) is -2.08. The van der Waals surface area contributed by atoms with E-state index in [2.05, 4.69) is 20.9 Å². The van der Waals surface area contributed by atoms with Gasteiger partial charge in [-0.2, -0.15) is 11.8 Å². The second kappa shape index (κ2) is 21.3. The number of nitrogens with zero attached hydrogens (tertiary/aromatic N) is 1. The molecular formula is C23H47N9O5S. The van der Waals surface area contributed by atoms with Gasteiger partial charge in [-0.05, 0) is 82.9 Å². The molecule has 0 spiro atoms. The maximum Gasteiger partial charge on any atom is 0.326 e. The molecule has 38 heavy (non-hydrogen) atoms. The Kier molecular flexibility index (Phi) is 19.9. The summed E-state index contributed by atoms with van der Waals surface area (Å²) < 4.78 is 0. The molecule has 0 aromatic heterocycles. The zero-order valence-corrected chi connectivity index (χ0v) is 23.1. The van der Waals surface area contributed by atoms with Gasteiger partial charge in [-0.1, -0.05) is 0 Å². The highest BCUT2D eigenvalue weighted by Gasteiger charge is 2.29. The summed E-state index contributed by atoms with van der Waals surface area (Å²) >= 11 is 1.48. The molecule has 4 unspecified atom stereocenters. The number of nitrogens with two attached hydrogens (primary N) is 5. The van der Waals surface area contributed by atoms with E-state index in [1.807, 2.05) is 6.26 Å². The molecule has 0 saturated heterocycles. The molecule has 0 bridgehead atoms. The average Bonchev–Trinajstić information content (AvgIpc) is 2.87. The van der Waals surface area contributed by atoms with Crippen LogP contribution in [-0.4, -0.2) is 90.6 Å². The summed E-state index contributed by atoms with van der Waals surface area (Å²) in [6, 6.07) is -3.90. The maximum absolute atomic E-state index is 13.2. The zero-order chi connectivity index (χ0) is 28.9. The zero-order valence-electron chi connectivity index (χ0n) is 22.3. The topological polar surface area (TPSA) is 267 Å². The van der Waals surface area contributed by atoms with Crippen LogP contribution >= 0.6 is 11.8 Å². The van der Waals surface area contributed by atoms with Crippen LogP contribution in [0.2, 0.25) is 0 Å². The third-order valence-electron chi connectivity index (χ3n) is 5.69. The van der Waals surface area contributed by atoms with Crippen LogP contribution in [0.1, 0.15) is 57.8 Å². The number of unbranched alkanes of at least 4 members (excludes halogenated alkanes) is 2. The molecule has 14 N–H and O–H groups in total. The first-order valence-corrected chi connectivity index (χ1v) is 14.3. The standard InChI is InChI=1S/C23H47N9O5S/c1-38-14-10-17(21(35)32-18(22(36)37)9-3-5-12-25)31-20(34)16(8-2-4-11-24)30-19(33)15(26)7-6-13-29-23(27)28/h15-18H,2-14,24-26H2,1H3,(H,30,33)(H,31,34)(H,32,35)(H,36,37)(H4,27,28,29). The number of rotatable bonds is 22. The Labute approximate surface area is 229 Å². The Morgan fingerprint density at radius 3 is 1.76 bits per heavy atom. The third-order valence-corrected chi connectivity index (χ3v) is 6.33. The number of amides is 3. The smallest absolute Gasteiger partial charge is 0.326 e. The summed E-state index contributed by atoms with van der Waals surface area (Å²) in [5.41, 5.74) is 27.6. The maximum atomic E-state index is 13.2. The summed E-state index contributed by atoms with van der Waals surface area (Å²) in [5.74, 6) is -2.33. The molecule has 0 radical (unpaired) electrons. The molecule has 0 aliphatic carbocycles. The van der Waals surface area contributed by atoms with Crippen LogP contribution in [-0.2, 0) is 19.2 Å². The van der Waals surface area contributed by atoms with Gasteiger partial charge < -0.3 is 49.7 Å². The van der Waals surface area contributed by atoms with Crippen LogP contribution in [0.3, 0.4) is 0 Å². The van der Waals surface area contributed by atoms with Gasteiger partial charge in [-0.15, -0.1) is 0 Å². The van der Waals surface area contributed by atoms with Gasteiger partial charge in [0.05, 0.1) is 6.04 Å². The lowest BCUT2D eigenvalue weighted by Crippen LogP contribution is -2.57. The van der Waals surface area contributed by atoms with Crippen molar-refractivity contribution >= 4 is 41.4 Å². The molecule has 14 nitrogen and oxygen atoms in total. The third kappa shape index (κ3) is 16.3. The first-order chi connectivity index (χ1) is 18.1. The fourth-order valence-corrected chi connectivity index (χ4v) is 3.96. The van der Waals surface area contributed by atoms with Gasteiger partial charge in [0.1, 0.15) is 18.1 Å². The van der Waals surface area contributed by atoms with E-state index in [-0.39, 0.29) is 18.8 Å². The van der Waals surface area contributed by atoms with E-state index in [0.717, 1.165) is 0 Å². The molecule has 220 valence electrons. The van der Waals surface area contributed by atoms with Crippen LogP contribution in [0.5, 0.6) is 0 Å². The molecule has 0 saturated carbocycles. The highest BCUT2D eigenvalue weighted by molar-refractivity contribution is 7.98. The first kappa shape index (κ1) is 35.4. The van der Waals surface area contributed by atoms with Crippen LogP contribution < -0.4 is 44.6 Å². The number of thioether (sulfide) groups is 1. The van der Waals surface area contributed by atoms with E-state index in [1.54, 1.807) is 0 Å². The van der Waals surface area contributed by atoms with E-state index in [4.69, 9.17) is 28.7 Å². The lowest BCUT2D eigenvalue weighted by atomic mass is 10.1. The quantitative estimate of drug-likeness (QED) is 0.0393.